The van der Waals surface area contributed by atoms with E-state index in [1.807, 2.05) is 38.7 Å². The van der Waals surface area contributed by atoms with Gasteiger partial charge >= 0.3 is 0 Å². The van der Waals surface area contributed by atoms with Crippen molar-refractivity contribution < 1.29 is 48.4 Å². The summed E-state index contributed by atoms with van der Waals surface area (Å²) >= 11 is 0. The third kappa shape index (κ3) is 9.21. The van der Waals surface area contributed by atoms with E-state index in [4.69, 9.17) is 9.47 Å². The second-order valence-electron chi connectivity index (χ2n) is 12.2. The zero-order valence-corrected chi connectivity index (χ0v) is 30.3. The number of nitrogens with zero attached hydrogens (tertiary/aromatic N) is 1. The number of fused-ring (bicyclic) bond motifs is 1. The first-order chi connectivity index (χ1) is 22.2. The molecule has 1 aliphatic heterocycles. The monoisotopic (exact) mass is 727 g/mol. The van der Waals surface area contributed by atoms with E-state index >= 15 is 0 Å². The lowest BCUT2D eigenvalue weighted by atomic mass is 9.72. The van der Waals surface area contributed by atoms with Gasteiger partial charge in [-0.05, 0) is 98.7 Å². The van der Waals surface area contributed by atoms with Gasteiger partial charge in [-0.1, -0.05) is 31.7 Å². The predicted octanol–water partition coefficient (Wildman–Crippen LogP) is 5.26. The van der Waals surface area contributed by atoms with E-state index in [2.05, 4.69) is 6.58 Å². The third-order valence-corrected chi connectivity index (χ3v) is 11.4. The van der Waals surface area contributed by atoms with E-state index < -0.39 is 46.9 Å². The first-order valence-electron chi connectivity index (χ1n) is 15.3. The Morgan fingerprint density at radius 1 is 0.979 bits per heavy atom. The summed E-state index contributed by atoms with van der Waals surface area (Å²) in [6.45, 7) is 13.4. The molecule has 1 heterocycles. The van der Waals surface area contributed by atoms with Crippen LogP contribution in [0.4, 0.5) is 5.69 Å². The molecular weight excluding hydrogens is 683 g/mol. The molecule has 0 fully saturated rings. The van der Waals surface area contributed by atoms with E-state index in [0.29, 0.717) is 55.2 Å². The Morgan fingerprint density at radius 3 is 2.19 bits per heavy atom. The van der Waals surface area contributed by atoms with Crippen LogP contribution in [0.1, 0.15) is 56.7 Å². The molecule has 3 rings (SSSR count). The molecule has 12 nitrogen and oxygen atoms in total. The molecule has 15 heteroatoms. The normalized spacial score (nSPS) is 19.2. The summed E-state index contributed by atoms with van der Waals surface area (Å²) in [6.07, 6.45) is 6.07. The summed E-state index contributed by atoms with van der Waals surface area (Å²) in [7, 11) is -11.7. The number of rotatable bonds is 17. The van der Waals surface area contributed by atoms with Crippen LogP contribution in [0.15, 0.2) is 82.3 Å². The highest BCUT2D eigenvalue weighted by Crippen LogP contribution is 2.51. The number of ether oxygens (including phenoxy) is 2. The molecule has 1 aliphatic rings. The highest BCUT2D eigenvalue weighted by atomic mass is 32.2. The van der Waals surface area contributed by atoms with Crippen molar-refractivity contribution in [3.8, 4) is 0 Å². The zero-order valence-electron chi connectivity index (χ0n) is 27.8. The molecule has 2 atom stereocenters. The molecule has 48 heavy (non-hydrogen) atoms. The van der Waals surface area contributed by atoms with Crippen LogP contribution in [-0.2, 0) is 50.7 Å². The van der Waals surface area contributed by atoms with E-state index in [1.165, 1.54) is 24.3 Å². The van der Waals surface area contributed by atoms with Crippen LogP contribution in [0.25, 0.3) is 0 Å². The lowest BCUT2D eigenvalue weighted by molar-refractivity contribution is 0.0639. The van der Waals surface area contributed by atoms with Gasteiger partial charge < -0.3 is 14.4 Å². The van der Waals surface area contributed by atoms with Gasteiger partial charge in [-0.15, -0.1) is 0 Å². The summed E-state index contributed by atoms with van der Waals surface area (Å²) in [6, 6.07) is 8.67. The summed E-state index contributed by atoms with van der Waals surface area (Å²) in [5.41, 5.74) is 2.23. The van der Waals surface area contributed by atoms with Crippen molar-refractivity contribution in [2.24, 2.45) is 0 Å². The van der Waals surface area contributed by atoms with Crippen LogP contribution in [0.5, 0.6) is 0 Å². The van der Waals surface area contributed by atoms with Gasteiger partial charge in [0.05, 0.1) is 28.8 Å². The van der Waals surface area contributed by atoms with Crippen molar-refractivity contribution in [1.29, 1.82) is 0 Å². The number of hydrogen-bond donors (Lipinski definition) is 3. The molecule has 2 aromatic rings. The van der Waals surface area contributed by atoms with Gasteiger partial charge in [0.2, 0.25) is 0 Å². The van der Waals surface area contributed by atoms with Crippen molar-refractivity contribution >= 4 is 36.0 Å². The van der Waals surface area contributed by atoms with Crippen LogP contribution < -0.4 is 4.90 Å². The highest BCUT2D eigenvalue weighted by Gasteiger charge is 2.43. The third-order valence-electron chi connectivity index (χ3n) is 8.94. The minimum atomic E-state index is -4.53. The van der Waals surface area contributed by atoms with Crippen molar-refractivity contribution in [2.45, 2.75) is 67.6 Å². The van der Waals surface area contributed by atoms with Gasteiger partial charge in [-0.25, -0.2) is 0 Å². The Balaban J connectivity index is 2.11. The molecule has 0 amide bonds. The summed E-state index contributed by atoms with van der Waals surface area (Å²) in [5.74, 6) is -0.491. The largest absolute Gasteiger partial charge is 0.382 e. The fraction of sp³-hybridized carbons (Fsp3) is 0.455. The van der Waals surface area contributed by atoms with E-state index in [-0.39, 0.29) is 22.6 Å². The molecule has 0 radical (unpaired) electrons. The maximum Gasteiger partial charge on any atom is 0.294 e. The molecule has 2 aromatic carbocycles. The number of methoxy groups -OCH3 is 1. The Bertz CT molecular complexity index is 1900. The average Bonchev–Trinajstić information content (AvgIpc) is 3.21. The average molecular weight is 728 g/mol. The molecule has 0 aliphatic carbocycles. The number of allylic oxidation sites excluding steroid dienone is 5. The fourth-order valence-corrected chi connectivity index (χ4v) is 7.71. The maximum atomic E-state index is 12.0. The minimum Gasteiger partial charge on any atom is -0.382 e. The maximum absolute atomic E-state index is 12.0. The van der Waals surface area contributed by atoms with Crippen LogP contribution >= 0.6 is 0 Å². The van der Waals surface area contributed by atoms with Gasteiger partial charge in [0.15, 0.2) is 0 Å². The quantitative estimate of drug-likeness (QED) is 0.109. The Kier molecular flexibility index (Phi) is 12.6. The molecule has 0 saturated carbocycles. The molecule has 0 saturated heterocycles. The second-order valence-corrected chi connectivity index (χ2v) is 16.6. The number of hydrogen-bond acceptors (Lipinski definition) is 9. The van der Waals surface area contributed by atoms with Crippen LogP contribution in [0.3, 0.4) is 0 Å². The first-order valence-corrected chi connectivity index (χ1v) is 19.8. The lowest BCUT2D eigenvalue weighted by Crippen LogP contribution is -2.29. The first kappa shape index (κ1) is 39.5. The number of anilines is 1. The molecule has 0 bridgehead atoms. The molecule has 0 spiro atoms. The Hall–Kier alpha value is -2.89. The van der Waals surface area contributed by atoms with Gasteiger partial charge in [-0.3, -0.25) is 13.7 Å². The standard InChI is InChI=1S/C33H45NO11S3/c1-7-34-30-15-14-27(48(41,42)43)23-29(30)33(5,16-9-21-46(35,36)37)31(34)11-8-10-25(3)32(4,17-18-45-20-19-44-6)28-22-26(47(38,39)40)13-12-24(28)2/h8,10-15,22-23H,3,7,9,16-21H2,1-2,4-6H3,(H,35,36,37)(H,38,39,40)(H,41,42,43)/b10-8+,31-11+. The number of aryl methyl sites for hydroxylation is 1. The molecule has 3 N–H and O–H groups in total. The molecule has 2 unspecified atom stereocenters. The van der Waals surface area contributed by atoms with Crippen molar-refractivity contribution in [3.05, 3.63) is 89.2 Å². The van der Waals surface area contributed by atoms with Crippen LogP contribution in [0, 0.1) is 6.92 Å². The zero-order chi connectivity index (χ0) is 36.1. The van der Waals surface area contributed by atoms with Crippen molar-refractivity contribution in [2.75, 3.05) is 44.1 Å². The molecular formula is C33H45NO11S3. The second kappa shape index (κ2) is 15.3. The van der Waals surface area contributed by atoms with Crippen molar-refractivity contribution in [3.63, 3.8) is 0 Å². The van der Waals surface area contributed by atoms with Gasteiger partial charge in [0.25, 0.3) is 30.4 Å². The minimum absolute atomic E-state index is 0.0702. The van der Waals surface area contributed by atoms with E-state index in [0.717, 1.165) is 11.3 Å². The lowest BCUT2D eigenvalue weighted by Gasteiger charge is -2.33. The van der Waals surface area contributed by atoms with E-state index in [1.54, 1.807) is 31.4 Å². The van der Waals surface area contributed by atoms with E-state index in [9.17, 15) is 38.9 Å². The topological polar surface area (TPSA) is 185 Å². The molecule has 0 aromatic heterocycles. The smallest absolute Gasteiger partial charge is 0.294 e. The number of likely N-dealkylation sites (N-methyl/N-ethyl adjacent to an activating group) is 1. The SMILES string of the molecule is C=C(/C=C/C=C1/N(CC)c2ccc(S(=O)(=O)O)cc2C1(C)CCCS(=O)(=O)O)C(C)(CCOCCOC)c1cc(S(=O)(=O)O)ccc1C. The summed E-state index contributed by atoms with van der Waals surface area (Å²) in [5, 5.41) is 0. The predicted molar refractivity (Wildman–Crippen MR) is 184 cm³/mol. The van der Waals surface area contributed by atoms with Crippen LogP contribution in [0.2, 0.25) is 0 Å². The fourth-order valence-electron chi connectivity index (χ4n) is 6.19. The Labute approximate surface area is 284 Å². The van der Waals surface area contributed by atoms with Crippen molar-refractivity contribution in [1.82, 2.24) is 0 Å². The van der Waals surface area contributed by atoms with Gasteiger partial charge in [-0.2, -0.15) is 25.3 Å². The van der Waals surface area contributed by atoms with Gasteiger partial charge in [0.1, 0.15) is 0 Å². The summed E-state index contributed by atoms with van der Waals surface area (Å²) < 4.78 is 111. The highest BCUT2D eigenvalue weighted by molar-refractivity contribution is 7.86. The van der Waals surface area contributed by atoms with Gasteiger partial charge in [0, 0.05) is 42.5 Å². The Morgan fingerprint density at radius 2 is 1.60 bits per heavy atom. The summed E-state index contributed by atoms with van der Waals surface area (Å²) in [4.78, 5) is 1.42. The number of benzene rings is 2. The molecule has 266 valence electrons. The van der Waals surface area contributed by atoms with Crippen LogP contribution in [-0.4, -0.2) is 78.1 Å².